The van der Waals surface area contributed by atoms with Crippen LogP contribution in [-0.4, -0.2) is 19.6 Å². The third kappa shape index (κ3) is 3.15. The molecule has 0 saturated heterocycles. The third-order valence-corrected chi connectivity index (χ3v) is 2.02. The van der Waals surface area contributed by atoms with Crippen molar-refractivity contribution in [1.29, 1.82) is 0 Å². The van der Waals surface area contributed by atoms with Gasteiger partial charge >= 0.3 is 0 Å². The first-order valence-electron chi connectivity index (χ1n) is 5.15. The van der Waals surface area contributed by atoms with Crippen LogP contribution in [0.5, 0.6) is 11.5 Å². The van der Waals surface area contributed by atoms with E-state index in [9.17, 15) is 4.79 Å². The van der Waals surface area contributed by atoms with Crippen LogP contribution in [0.1, 0.15) is 24.2 Å². The molecular formula is C12H17NO3. The minimum atomic E-state index is -0.475. The molecule has 1 amide bonds. The number of rotatable bonds is 5. The highest BCUT2D eigenvalue weighted by atomic mass is 16.5. The first-order valence-corrected chi connectivity index (χ1v) is 5.15. The van der Waals surface area contributed by atoms with Crippen molar-refractivity contribution in [3.63, 3.8) is 0 Å². The number of carbonyl (C=O) groups is 1. The number of methoxy groups -OCH3 is 1. The zero-order valence-corrected chi connectivity index (χ0v) is 9.82. The second kappa shape index (κ2) is 5.39. The van der Waals surface area contributed by atoms with Crippen molar-refractivity contribution in [2.24, 2.45) is 11.7 Å². The molecule has 0 aliphatic rings. The summed E-state index contributed by atoms with van der Waals surface area (Å²) >= 11 is 0. The Hall–Kier alpha value is -1.71. The summed E-state index contributed by atoms with van der Waals surface area (Å²) in [5.74, 6) is 1.08. The summed E-state index contributed by atoms with van der Waals surface area (Å²) in [5, 5.41) is 0. The van der Waals surface area contributed by atoms with Gasteiger partial charge in [0.05, 0.1) is 13.7 Å². The summed E-state index contributed by atoms with van der Waals surface area (Å²) in [4.78, 5) is 11.0. The second-order valence-corrected chi connectivity index (χ2v) is 3.93. The Morgan fingerprint density at radius 1 is 1.38 bits per heavy atom. The molecule has 0 bridgehead atoms. The molecule has 0 radical (unpaired) electrons. The summed E-state index contributed by atoms with van der Waals surface area (Å²) in [6, 6.07) is 4.89. The van der Waals surface area contributed by atoms with Crippen LogP contribution in [0.2, 0.25) is 0 Å². The fraction of sp³-hybridized carbons (Fsp3) is 0.417. The maximum Gasteiger partial charge on any atom is 0.248 e. The second-order valence-electron chi connectivity index (χ2n) is 3.93. The van der Waals surface area contributed by atoms with Crippen molar-refractivity contribution in [2.75, 3.05) is 13.7 Å². The molecule has 88 valence electrons. The topological polar surface area (TPSA) is 61.5 Å². The molecule has 0 unspecified atom stereocenters. The average Bonchev–Trinajstić information content (AvgIpc) is 2.25. The molecule has 0 spiro atoms. The number of amides is 1. The van der Waals surface area contributed by atoms with Gasteiger partial charge in [-0.15, -0.1) is 0 Å². The van der Waals surface area contributed by atoms with E-state index in [1.54, 1.807) is 25.3 Å². The molecule has 0 fully saturated rings. The Morgan fingerprint density at radius 3 is 2.56 bits per heavy atom. The maximum absolute atomic E-state index is 11.0. The smallest absolute Gasteiger partial charge is 0.248 e. The zero-order valence-electron chi connectivity index (χ0n) is 9.82. The van der Waals surface area contributed by atoms with Gasteiger partial charge in [-0.2, -0.15) is 0 Å². The first kappa shape index (κ1) is 12.4. The quantitative estimate of drug-likeness (QED) is 0.828. The van der Waals surface area contributed by atoms with Crippen LogP contribution in [0.3, 0.4) is 0 Å². The Balaban J connectivity index is 2.93. The van der Waals surface area contributed by atoms with Gasteiger partial charge in [0, 0.05) is 5.56 Å². The van der Waals surface area contributed by atoms with Gasteiger partial charge in [0.1, 0.15) is 0 Å². The lowest BCUT2D eigenvalue weighted by molar-refractivity contribution is 0.0999. The van der Waals surface area contributed by atoms with E-state index in [4.69, 9.17) is 15.2 Å². The summed E-state index contributed by atoms with van der Waals surface area (Å²) in [6.45, 7) is 4.66. The van der Waals surface area contributed by atoms with E-state index in [0.29, 0.717) is 29.6 Å². The molecule has 2 N–H and O–H groups in total. The SMILES string of the molecule is COc1ccc(C(N)=O)cc1OCC(C)C. The van der Waals surface area contributed by atoms with E-state index in [0.717, 1.165) is 0 Å². The summed E-state index contributed by atoms with van der Waals surface area (Å²) in [7, 11) is 1.56. The Bertz CT molecular complexity index is 375. The maximum atomic E-state index is 11.0. The Labute approximate surface area is 95.3 Å². The molecule has 0 aliphatic carbocycles. The van der Waals surface area contributed by atoms with Crippen LogP contribution in [0, 0.1) is 5.92 Å². The predicted octanol–water partition coefficient (Wildman–Crippen LogP) is 1.83. The van der Waals surface area contributed by atoms with Crippen molar-refractivity contribution in [3.8, 4) is 11.5 Å². The van der Waals surface area contributed by atoms with E-state index in [1.807, 2.05) is 13.8 Å². The van der Waals surface area contributed by atoms with Gasteiger partial charge in [-0.05, 0) is 24.1 Å². The van der Waals surface area contributed by atoms with Crippen molar-refractivity contribution in [3.05, 3.63) is 23.8 Å². The lowest BCUT2D eigenvalue weighted by Gasteiger charge is -2.12. The number of carbonyl (C=O) groups excluding carboxylic acids is 1. The van der Waals surface area contributed by atoms with Crippen LogP contribution in [0.15, 0.2) is 18.2 Å². The molecule has 0 aliphatic heterocycles. The van der Waals surface area contributed by atoms with Gasteiger partial charge in [0.25, 0.3) is 0 Å². The Morgan fingerprint density at radius 2 is 2.06 bits per heavy atom. The number of benzene rings is 1. The van der Waals surface area contributed by atoms with Gasteiger partial charge in [-0.25, -0.2) is 0 Å². The van der Waals surface area contributed by atoms with Gasteiger partial charge in [0.15, 0.2) is 11.5 Å². The standard InChI is InChI=1S/C12H17NO3/c1-8(2)7-16-11-6-9(12(13)14)4-5-10(11)15-3/h4-6,8H,7H2,1-3H3,(H2,13,14). The molecule has 4 heteroatoms. The average molecular weight is 223 g/mol. The minimum absolute atomic E-state index is 0.405. The highest BCUT2D eigenvalue weighted by Gasteiger charge is 2.09. The molecule has 0 aromatic heterocycles. The molecule has 4 nitrogen and oxygen atoms in total. The summed E-state index contributed by atoms with van der Waals surface area (Å²) < 4.78 is 10.7. The molecule has 0 saturated carbocycles. The zero-order chi connectivity index (χ0) is 12.1. The minimum Gasteiger partial charge on any atom is -0.493 e. The van der Waals surface area contributed by atoms with E-state index in [2.05, 4.69) is 0 Å². The Kier molecular flexibility index (Phi) is 4.17. The molecule has 0 heterocycles. The van der Waals surface area contributed by atoms with Gasteiger partial charge in [-0.3, -0.25) is 4.79 Å². The third-order valence-electron chi connectivity index (χ3n) is 2.02. The lowest BCUT2D eigenvalue weighted by Crippen LogP contribution is -2.12. The van der Waals surface area contributed by atoms with E-state index in [1.165, 1.54) is 0 Å². The van der Waals surface area contributed by atoms with Crippen LogP contribution < -0.4 is 15.2 Å². The van der Waals surface area contributed by atoms with Crippen molar-refractivity contribution in [1.82, 2.24) is 0 Å². The van der Waals surface area contributed by atoms with Crippen LogP contribution in [0.25, 0.3) is 0 Å². The van der Waals surface area contributed by atoms with Crippen molar-refractivity contribution >= 4 is 5.91 Å². The molecule has 0 atom stereocenters. The fourth-order valence-corrected chi connectivity index (χ4v) is 1.20. The fourth-order valence-electron chi connectivity index (χ4n) is 1.20. The normalized spacial score (nSPS) is 10.2. The van der Waals surface area contributed by atoms with Gasteiger partial charge in [0.2, 0.25) is 5.91 Å². The van der Waals surface area contributed by atoms with Gasteiger partial charge in [-0.1, -0.05) is 13.8 Å². The lowest BCUT2D eigenvalue weighted by atomic mass is 10.2. The van der Waals surface area contributed by atoms with Crippen molar-refractivity contribution in [2.45, 2.75) is 13.8 Å². The number of hydrogen-bond donors (Lipinski definition) is 1. The molecule has 1 aromatic carbocycles. The van der Waals surface area contributed by atoms with E-state index >= 15 is 0 Å². The molecule has 16 heavy (non-hydrogen) atoms. The largest absolute Gasteiger partial charge is 0.493 e. The number of primary amides is 1. The highest BCUT2D eigenvalue weighted by molar-refractivity contribution is 5.93. The molecular weight excluding hydrogens is 206 g/mol. The number of ether oxygens (including phenoxy) is 2. The summed E-state index contributed by atoms with van der Waals surface area (Å²) in [6.07, 6.45) is 0. The van der Waals surface area contributed by atoms with E-state index in [-0.39, 0.29) is 0 Å². The predicted molar refractivity (Wildman–Crippen MR) is 61.8 cm³/mol. The van der Waals surface area contributed by atoms with Crippen LogP contribution >= 0.6 is 0 Å². The van der Waals surface area contributed by atoms with Crippen LogP contribution in [0.4, 0.5) is 0 Å². The molecule has 1 rings (SSSR count). The number of nitrogens with two attached hydrogens (primary N) is 1. The molecule has 1 aromatic rings. The van der Waals surface area contributed by atoms with Crippen LogP contribution in [-0.2, 0) is 0 Å². The number of hydrogen-bond acceptors (Lipinski definition) is 3. The monoisotopic (exact) mass is 223 g/mol. The first-order chi connectivity index (χ1) is 7.54. The van der Waals surface area contributed by atoms with Gasteiger partial charge < -0.3 is 15.2 Å². The van der Waals surface area contributed by atoms with Crippen molar-refractivity contribution < 1.29 is 14.3 Å². The van der Waals surface area contributed by atoms with E-state index < -0.39 is 5.91 Å². The highest BCUT2D eigenvalue weighted by Crippen LogP contribution is 2.28. The summed E-state index contributed by atoms with van der Waals surface area (Å²) in [5.41, 5.74) is 5.61.